The summed E-state index contributed by atoms with van der Waals surface area (Å²) in [7, 11) is 0. The minimum absolute atomic E-state index is 0.141. The van der Waals surface area contributed by atoms with Crippen molar-refractivity contribution in [2.45, 2.75) is 39.2 Å². The molecule has 3 heterocycles. The lowest BCUT2D eigenvalue weighted by molar-refractivity contribution is -0.0126. The van der Waals surface area contributed by atoms with E-state index in [1.165, 1.54) is 0 Å². The van der Waals surface area contributed by atoms with E-state index in [2.05, 4.69) is 15.0 Å². The van der Waals surface area contributed by atoms with Crippen LogP contribution >= 0.6 is 0 Å². The summed E-state index contributed by atoms with van der Waals surface area (Å²) in [6, 6.07) is 3.65. The van der Waals surface area contributed by atoms with Crippen LogP contribution in [0.2, 0.25) is 0 Å². The quantitative estimate of drug-likeness (QED) is 0.855. The van der Waals surface area contributed by atoms with Gasteiger partial charge >= 0.3 is 0 Å². The molecular formula is C17H20N4O2. The van der Waals surface area contributed by atoms with Gasteiger partial charge in [-0.25, -0.2) is 15.0 Å². The van der Waals surface area contributed by atoms with Crippen molar-refractivity contribution >= 4 is 11.6 Å². The maximum absolute atomic E-state index is 12.4. The summed E-state index contributed by atoms with van der Waals surface area (Å²) >= 11 is 0. The van der Waals surface area contributed by atoms with Gasteiger partial charge < -0.3 is 4.74 Å². The van der Waals surface area contributed by atoms with Crippen molar-refractivity contribution < 1.29 is 9.53 Å². The van der Waals surface area contributed by atoms with Gasteiger partial charge in [0, 0.05) is 18.1 Å². The molecular weight excluding hydrogens is 292 g/mol. The molecule has 0 N–H and O–H groups in total. The van der Waals surface area contributed by atoms with Gasteiger partial charge in [0.15, 0.2) is 0 Å². The second kappa shape index (κ2) is 6.04. The molecule has 0 bridgehead atoms. The zero-order valence-corrected chi connectivity index (χ0v) is 13.6. The van der Waals surface area contributed by atoms with Gasteiger partial charge in [-0.05, 0) is 51.3 Å². The zero-order valence-electron chi connectivity index (χ0n) is 13.6. The van der Waals surface area contributed by atoms with Crippen LogP contribution in [0.25, 0.3) is 5.82 Å². The first-order chi connectivity index (χ1) is 10.9. The number of aromatic nitrogens is 3. The number of amides is 1. The number of ether oxygens (including phenoxy) is 1. The lowest BCUT2D eigenvalue weighted by Crippen LogP contribution is -2.34. The minimum Gasteiger partial charge on any atom is -0.370 e. The molecule has 0 atom stereocenters. The Bertz CT molecular complexity index is 736. The second-order valence-electron chi connectivity index (χ2n) is 6.39. The van der Waals surface area contributed by atoms with Crippen LogP contribution in [-0.2, 0) is 4.74 Å². The average molecular weight is 312 g/mol. The number of aryl methyl sites for hydroxylation is 1. The van der Waals surface area contributed by atoms with E-state index in [-0.39, 0.29) is 11.5 Å². The number of hydrogen-bond acceptors (Lipinski definition) is 4. The minimum atomic E-state index is -0.326. The van der Waals surface area contributed by atoms with Crippen LogP contribution < -0.4 is 0 Å². The maximum atomic E-state index is 12.4. The number of hydrogen-bond donors (Lipinski definition) is 0. The van der Waals surface area contributed by atoms with Gasteiger partial charge in [-0.1, -0.05) is 0 Å². The first-order valence-electron chi connectivity index (χ1n) is 7.65. The Labute approximate surface area is 135 Å². The molecule has 0 spiro atoms. The maximum Gasteiger partial charge on any atom is 0.295 e. The van der Waals surface area contributed by atoms with E-state index in [0.717, 1.165) is 24.1 Å². The third kappa shape index (κ3) is 3.71. The number of rotatable bonds is 2. The summed E-state index contributed by atoms with van der Waals surface area (Å²) in [5.74, 6) is 0.334. The van der Waals surface area contributed by atoms with Crippen LogP contribution in [0.3, 0.4) is 0 Å². The highest BCUT2D eigenvalue weighted by Gasteiger charge is 2.25. The summed E-state index contributed by atoms with van der Waals surface area (Å²) < 4.78 is 7.47. The summed E-state index contributed by atoms with van der Waals surface area (Å²) in [4.78, 5) is 25.0. The lowest BCUT2D eigenvalue weighted by Gasteiger charge is -2.30. The third-order valence-electron chi connectivity index (χ3n) is 3.85. The van der Waals surface area contributed by atoms with Gasteiger partial charge in [0.25, 0.3) is 5.91 Å². The molecule has 6 heteroatoms. The summed E-state index contributed by atoms with van der Waals surface area (Å²) in [6.07, 6.45) is 6.75. The highest BCUT2D eigenvalue weighted by molar-refractivity contribution is 6.03. The number of nitrogens with zero attached hydrogens (tertiary/aromatic N) is 4. The van der Waals surface area contributed by atoms with E-state index < -0.39 is 0 Å². The predicted molar refractivity (Wildman–Crippen MR) is 87.1 cm³/mol. The zero-order chi connectivity index (χ0) is 16.4. The molecule has 120 valence electrons. The van der Waals surface area contributed by atoms with E-state index >= 15 is 0 Å². The molecule has 1 aliphatic rings. The molecule has 6 nitrogen and oxygen atoms in total. The molecule has 23 heavy (non-hydrogen) atoms. The van der Waals surface area contributed by atoms with Gasteiger partial charge in [0.1, 0.15) is 17.8 Å². The van der Waals surface area contributed by atoms with E-state index in [1.54, 1.807) is 29.4 Å². The van der Waals surface area contributed by atoms with Crippen LogP contribution in [0, 0.1) is 6.92 Å². The van der Waals surface area contributed by atoms with Crippen LogP contribution in [0.1, 0.15) is 42.7 Å². The van der Waals surface area contributed by atoms with Crippen LogP contribution in [0.4, 0.5) is 0 Å². The highest BCUT2D eigenvalue weighted by Crippen LogP contribution is 2.22. The Hall–Kier alpha value is -2.34. The fourth-order valence-electron chi connectivity index (χ4n) is 2.44. The molecule has 2 aromatic rings. The molecule has 1 saturated heterocycles. The van der Waals surface area contributed by atoms with E-state index in [9.17, 15) is 4.79 Å². The number of carbonyl (C=O) groups is 1. The van der Waals surface area contributed by atoms with Crippen LogP contribution in [0.5, 0.6) is 0 Å². The Morgan fingerprint density at radius 2 is 2.22 bits per heavy atom. The molecule has 1 fully saturated rings. The molecule has 1 amide bonds. The summed E-state index contributed by atoms with van der Waals surface area (Å²) in [6.45, 7) is 6.42. The van der Waals surface area contributed by atoms with Gasteiger partial charge in [0.2, 0.25) is 0 Å². The molecule has 0 saturated carbocycles. The molecule has 0 aliphatic carbocycles. The molecule has 1 aliphatic heterocycles. The monoisotopic (exact) mass is 312 g/mol. The van der Waals surface area contributed by atoms with E-state index in [0.29, 0.717) is 18.1 Å². The fraction of sp³-hybridized carbons (Fsp3) is 0.412. The van der Waals surface area contributed by atoms with E-state index in [4.69, 9.17) is 4.74 Å². The van der Waals surface area contributed by atoms with Crippen molar-refractivity contribution in [3.05, 3.63) is 42.1 Å². The summed E-state index contributed by atoms with van der Waals surface area (Å²) in [5.41, 5.74) is 1.93. The lowest BCUT2D eigenvalue weighted by atomic mass is 9.97. The molecule has 2 aromatic heterocycles. The first-order valence-corrected chi connectivity index (χ1v) is 7.65. The van der Waals surface area contributed by atoms with Gasteiger partial charge in [-0.2, -0.15) is 0 Å². The molecule has 0 unspecified atom stereocenters. The van der Waals surface area contributed by atoms with Crippen LogP contribution in [0.15, 0.2) is 35.8 Å². The van der Waals surface area contributed by atoms with Crippen molar-refractivity contribution in [1.29, 1.82) is 0 Å². The van der Waals surface area contributed by atoms with Crippen molar-refractivity contribution in [2.24, 2.45) is 4.99 Å². The summed E-state index contributed by atoms with van der Waals surface area (Å²) in [5, 5.41) is 0. The number of aliphatic imine (C=N–C) groups is 1. The molecule has 3 rings (SSSR count). The second-order valence-corrected chi connectivity index (χ2v) is 6.39. The smallest absolute Gasteiger partial charge is 0.295 e. The normalized spacial score (nSPS) is 19.0. The van der Waals surface area contributed by atoms with Gasteiger partial charge in [-0.3, -0.25) is 9.36 Å². The van der Waals surface area contributed by atoms with Crippen LogP contribution in [-0.4, -0.2) is 38.4 Å². The standard InChI is InChI=1S/C17H20N4O2/c1-12-8-14(20-15(9-12)21-7-6-18-11-21)16(22)19-13-4-5-17(2,3)23-10-13/h6-9,11H,4-5,10H2,1-3H3. The fourth-order valence-corrected chi connectivity index (χ4v) is 2.44. The predicted octanol–water partition coefficient (Wildman–Crippen LogP) is 2.75. The van der Waals surface area contributed by atoms with Crippen molar-refractivity contribution in [3.8, 4) is 5.82 Å². The number of imidazole rings is 1. The SMILES string of the molecule is Cc1cc(C(=O)N=C2CCC(C)(C)OC2)nc(-n2ccnc2)c1. The molecule has 0 aromatic carbocycles. The first kappa shape index (κ1) is 15.6. The van der Waals surface area contributed by atoms with Gasteiger partial charge in [-0.15, -0.1) is 0 Å². The van der Waals surface area contributed by atoms with Crippen molar-refractivity contribution in [2.75, 3.05) is 6.61 Å². The third-order valence-corrected chi connectivity index (χ3v) is 3.85. The van der Waals surface area contributed by atoms with Gasteiger partial charge in [0.05, 0.1) is 12.2 Å². The average Bonchev–Trinajstić information content (AvgIpc) is 3.03. The number of carbonyl (C=O) groups excluding carboxylic acids is 1. The van der Waals surface area contributed by atoms with Crippen molar-refractivity contribution in [3.63, 3.8) is 0 Å². The number of pyridine rings is 1. The molecule has 0 radical (unpaired) electrons. The Morgan fingerprint density at radius 3 is 2.87 bits per heavy atom. The van der Waals surface area contributed by atoms with Crippen molar-refractivity contribution in [1.82, 2.24) is 14.5 Å². The Balaban J connectivity index is 1.83. The Morgan fingerprint density at radius 1 is 1.39 bits per heavy atom. The van der Waals surface area contributed by atoms with E-state index in [1.807, 2.05) is 26.8 Å². The topological polar surface area (TPSA) is 69.4 Å². The highest BCUT2D eigenvalue weighted by atomic mass is 16.5. The largest absolute Gasteiger partial charge is 0.370 e. The Kier molecular flexibility index (Phi) is 4.09.